The average molecular weight is 265 g/mol. The predicted octanol–water partition coefficient (Wildman–Crippen LogP) is 1.45. The van der Waals surface area contributed by atoms with Crippen molar-refractivity contribution in [2.24, 2.45) is 0 Å². The second kappa shape index (κ2) is 4.07. The Morgan fingerprint density at radius 2 is 2.06 bits per heavy atom. The second-order valence-corrected chi connectivity index (χ2v) is 6.27. The number of imidazole rings is 1. The maximum absolute atomic E-state index is 12.4. The number of fused-ring (bicyclic) bond motifs is 3. The van der Waals surface area contributed by atoms with Gasteiger partial charge in [-0.1, -0.05) is 19.1 Å². The number of sulfonamides is 1. The molecule has 0 N–H and O–H groups in total. The molecule has 1 aromatic heterocycles. The Bertz CT molecular complexity index is 690. The molecule has 6 heteroatoms. The van der Waals surface area contributed by atoms with E-state index in [1.807, 2.05) is 31.2 Å². The molecule has 0 fully saturated rings. The van der Waals surface area contributed by atoms with Crippen molar-refractivity contribution in [3.05, 3.63) is 24.3 Å². The average Bonchev–Trinajstić information content (AvgIpc) is 2.73. The van der Waals surface area contributed by atoms with Gasteiger partial charge in [0.1, 0.15) is 0 Å². The molecule has 0 bridgehead atoms. The third-order valence-electron chi connectivity index (χ3n) is 3.24. The summed E-state index contributed by atoms with van der Waals surface area (Å²) in [4.78, 5) is 4.27. The van der Waals surface area contributed by atoms with Crippen LogP contribution in [-0.4, -0.2) is 35.4 Å². The van der Waals surface area contributed by atoms with Gasteiger partial charge in [0.25, 0.3) is 10.0 Å². The molecule has 0 saturated heterocycles. The molecule has 0 aliphatic carbocycles. The first-order chi connectivity index (χ1) is 8.64. The van der Waals surface area contributed by atoms with Gasteiger partial charge in [-0.15, -0.1) is 0 Å². The van der Waals surface area contributed by atoms with Crippen molar-refractivity contribution in [2.45, 2.75) is 25.0 Å². The molecule has 0 unspecified atom stereocenters. The van der Waals surface area contributed by atoms with Crippen LogP contribution in [0.1, 0.15) is 13.3 Å². The van der Waals surface area contributed by atoms with Crippen molar-refractivity contribution in [1.82, 2.24) is 13.9 Å². The summed E-state index contributed by atoms with van der Waals surface area (Å²) in [5, 5.41) is 0.184. The van der Waals surface area contributed by atoms with E-state index in [1.165, 1.54) is 4.31 Å². The molecule has 3 rings (SSSR count). The Morgan fingerprint density at radius 1 is 1.28 bits per heavy atom. The molecule has 0 atom stereocenters. The zero-order valence-electron chi connectivity index (χ0n) is 10.2. The summed E-state index contributed by atoms with van der Waals surface area (Å²) in [5.74, 6) is 0. The first-order valence-corrected chi connectivity index (χ1v) is 7.54. The molecule has 18 heavy (non-hydrogen) atoms. The van der Waals surface area contributed by atoms with Crippen LogP contribution in [0.25, 0.3) is 11.0 Å². The number of para-hydroxylation sites is 2. The molecule has 0 radical (unpaired) electrons. The SMILES string of the molecule is CCCN1CCn2c(nc3ccccc32)S1(=O)=O. The van der Waals surface area contributed by atoms with Gasteiger partial charge in [-0.3, -0.25) is 0 Å². The summed E-state index contributed by atoms with van der Waals surface area (Å²) in [6, 6.07) is 7.54. The van der Waals surface area contributed by atoms with E-state index in [1.54, 1.807) is 4.57 Å². The minimum Gasteiger partial charge on any atom is -0.312 e. The van der Waals surface area contributed by atoms with Gasteiger partial charge in [-0.05, 0) is 18.6 Å². The first-order valence-electron chi connectivity index (χ1n) is 6.10. The van der Waals surface area contributed by atoms with Crippen LogP contribution >= 0.6 is 0 Å². The molecule has 0 saturated carbocycles. The number of aromatic nitrogens is 2. The van der Waals surface area contributed by atoms with Crippen molar-refractivity contribution >= 4 is 21.1 Å². The topological polar surface area (TPSA) is 55.2 Å². The second-order valence-electron chi connectivity index (χ2n) is 4.44. The highest BCUT2D eigenvalue weighted by atomic mass is 32.2. The maximum atomic E-state index is 12.4. The summed E-state index contributed by atoms with van der Waals surface area (Å²) in [5.41, 5.74) is 1.64. The number of nitrogens with zero attached hydrogens (tertiary/aromatic N) is 3. The van der Waals surface area contributed by atoms with E-state index in [0.29, 0.717) is 19.6 Å². The van der Waals surface area contributed by atoms with Crippen LogP contribution in [0.5, 0.6) is 0 Å². The lowest BCUT2D eigenvalue weighted by atomic mass is 10.3. The fourth-order valence-electron chi connectivity index (χ4n) is 2.39. The number of benzene rings is 1. The fourth-order valence-corrected chi connectivity index (χ4v) is 4.05. The normalized spacial score (nSPS) is 18.9. The van der Waals surface area contributed by atoms with Crippen LogP contribution in [0, 0.1) is 0 Å². The Morgan fingerprint density at radius 3 is 2.83 bits per heavy atom. The highest BCUT2D eigenvalue weighted by Gasteiger charge is 2.33. The van der Waals surface area contributed by atoms with Crippen molar-refractivity contribution < 1.29 is 8.42 Å². The lowest BCUT2D eigenvalue weighted by Gasteiger charge is -2.26. The maximum Gasteiger partial charge on any atom is 0.277 e. The number of rotatable bonds is 2. The molecule has 2 heterocycles. The smallest absolute Gasteiger partial charge is 0.277 e. The van der Waals surface area contributed by atoms with E-state index in [2.05, 4.69) is 4.98 Å². The van der Waals surface area contributed by atoms with E-state index in [-0.39, 0.29) is 5.16 Å². The van der Waals surface area contributed by atoms with Crippen molar-refractivity contribution in [3.8, 4) is 0 Å². The molecular formula is C12H15N3O2S. The van der Waals surface area contributed by atoms with Gasteiger partial charge >= 0.3 is 0 Å². The van der Waals surface area contributed by atoms with Gasteiger partial charge in [0.15, 0.2) is 0 Å². The van der Waals surface area contributed by atoms with Gasteiger partial charge in [-0.25, -0.2) is 13.4 Å². The third-order valence-corrected chi connectivity index (χ3v) is 5.05. The molecule has 1 aliphatic rings. The van der Waals surface area contributed by atoms with Crippen LogP contribution < -0.4 is 0 Å². The molecule has 5 nitrogen and oxygen atoms in total. The quantitative estimate of drug-likeness (QED) is 0.826. The summed E-state index contributed by atoms with van der Waals surface area (Å²) in [6.45, 7) is 3.75. The Kier molecular flexibility index (Phi) is 2.64. The van der Waals surface area contributed by atoms with Gasteiger partial charge in [0, 0.05) is 19.6 Å². The first kappa shape index (κ1) is 11.7. The molecule has 1 aliphatic heterocycles. The summed E-state index contributed by atoms with van der Waals surface area (Å²) >= 11 is 0. The minimum atomic E-state index is -3.42. The molecule has 0 spiro atoms. The Labute approximate surface area is 106 Å². The van der Waals surface area contributed by atoms with E-state index < -0.39 is 10.0 Å². The molecule has 2 aromatic rings. The summed E-state index contributed by atoms with van der Waals surface area (Å²) in [7, 11) is -3.42. The van der Waals surface area contributed by atoms with Gasteiger partial charge in [0.2, 0.25) is 5.16 Å². The number of hydrogen-bond donors (Lipinski definition) is 0. The zero-order chi connectivity index (χ0) is 12.8. The lowest BCUT2D eigenvalue weighted by Crippen LogP contribution is -2.40. The molecule has 0 amide bonds. The van der Waals surface area contributed by atoms with E-state index >= 15 is 0 Å². The Balaban J connectivity index is 2.21. The Hall–Kier alpha value is -1.40. The lowest BCUT2D eigenvalue weighted by molar-refractivity contribution is 0.356. The molecule has 96 valence electrons. The summed E-state index contributed by atoms with van der Waals surface area (Å²) in [6.07, 6.45) is 0.819. The third kappa shape index (κ3) is 1.56. The highest BCUT2D eigenvalue weighted by molar-refractivity contribution is 7.89. The van der Waals surface area contributed by atoms with Gasteiger partial charge < -0.3 is 4.57 Å². The standard InChI is InChI=1S/C12H15N3O2S/c1-2-7-14-8-9-15-11-6-4-3-5-10(11)13-12(15)18(14,16)17/h3-6H,2,7-9H2,1H3. The van der Waals surface area contributed by atoms with Crippen molar-refractivity contribution in [3.63, 3.8) is 0 Å². The highest BCUT2D eigenvalue weighted by Crippen LogP contribution is 2.25. The van der Waals surface area contributed by atoms with Crippen LogP contribution in [0.3, 0.4) is 0 Å². The van der Waals surface area contributed by atoms with E-state index in [0.717, 1.165) is 17.5 Å². The zero-order valence-corrected chi connectivity index (χ0v) is 11.0. The van der Waals surface area contributed by atoms with Crippen LogP contribution in [0.2, 0.25) is 0 Å². The van der Waals surface area contributed by atoms with E-state index in [9.17, 15) is 8.42 Å². The fraction of sp³-hybridized carbons (Fsp3) is 0.417. The van der Waals surface area contributed by atoms with Crippen LogP contribution in [0.15, 0.2) is 29.4 Å². The molecular weight excluding hydrogens is 250 g/mol. The van der Waals surface area contributed by atoms with Crippen LogP contribution in [-0.2, 0) is 16.6 Å². The van der Waals surface area contributed by atoms with Gasteiger partial charge in [-0.2, -0.15) is 4.31 Å². The van der Waals surface area contributed by atoms with Gasteiger partial charge in [0.05, 0.1) is 11.0 Å². The van der Waals surface area contributed by atoms with Crippen molar-refractivity contribution in [1.29, 1.82) is 0 Å². The summed E-state index contributed by atoms with van der Waals surface area (Å²) < 4.78 is 28.1. The predicted molar refractivity (Wildman–Crippen MR) is 68.8 cm³/mol. The largest absolute Gasteiger partial charge is 0.312 e. The van der Waals surface area contributed by atoms with E-state index in [4.69, 9.17) is 0 Å². The van der Waals surface area contributed by atoms with Crippen LogP contribution in [0.4, 0.5) is 0 Å². The molecule has 1 aromatic carbocycles. The number of hydrogen-bond acceptors (Lipinski definition) is 3. The minimum absolute atomic E-state index is 0.184. The monoisotopic (exact) mass is 265 g/mol. The van der Waals surface area contributed by atoms with Crippen molar-refractivity contribution in [2.75, 3.05) is 13.1 Å².